The van der Waals surface area contributed by atoms with Gasteiger partial charge in [0.1, 0.15) is 5.58 Å². The van der Waals surface area contributed by atoms with Crippen molar-refractivity contribution in [3.63, 3.8) is 0 Å². The zero-order valence-electron chi connectivity index (χ0n) is 29.3. The highest BCUT2D eigenvalue weighted by Gasteiger charge is 2.39. The fourth-order valence-corrected chi connectivity index (χ4v) is 8.79. The van der Waals surface area contributed by atoms with E-state index < -0.39 is 0 Å². The van der Waals surface area contributed by atoms with Crippen molar-refractivity contribution < 1.29 is 4.42 Å². The van der Waals surface area contributed by atoms with Crippen molar-refractivity contribution in [2.75, 3.05) is 9.80 Å². The van der Waals surface area contributed by atoms with E-state index >= 15 is 0 Å². The first kappa shape index (κ1) is 29.8. The molecule has 0 saturated heterocycles. The molecule has 1 aromatic heterocycles. The average Bonchev–Trinajstić information content (AvgIpc) is 3.55. The van der Waals surface area contributed by atoms with E-state index in [4.69, 9.17) is 4.42 Å². The van der Waals surface area contributed by atoms with Crippen LogP contribution in [0.4, 0.5) is 34.1 Å². The van der Waals surface area contributed by atoms with Crippen molar-refractivity contribution in [1.82, 2.24) is 0 Å². The topological polar surface area (TPSA) is 19.6 Å². The van der Waals surface area contributed by atoms with Crippen molar-refractivity contribution in [3.8, 4) is 11.1 Å². The highest BCUT2D eigenvalue weighted by Crippen LogP contribution is 2.55. The quantitative estimate of drug-likeness (QED) is 0.188. The number of para-hydroxylation sites is 5. The third-order valence-electron chi connectivity index (χ3n) is 11.4. The lowest BCUT2D eigenvalue weighted by molar-refractivity contribution is 0.630. The third kappa shape index (κ3) is 4.24. The second-order valence-electron chi connectivity index (χ2n) is 15.0. The van der Waals surface area contributed by atoms with E-state index in [0.717, 1.165) is 27.6 Å². The molecule has 0 saturated carbocycles. The predicted octanol–water partition coefficient (Wildman–Crippen LogP) is 13.5. The molecule has 3 nitrogen and oxygen atoms in total. The van der Waals surface area contributed by atoms with Gasteiger partial charge >= 0.3 is 0 Å². The molecule has 0 amide bonds. The molecule has 8 aromatic rings. The Kier molecular flexibility index (Phi) is 6.27. The van der Waals surface area contributed by atoms with Crippen LogP contribution in [0.2, 0.25) is 0 Å². The van der Waals surface area contributed by atoms with E-state index in [0.29, 0.717) is 0 Å². The minimum absolute atomic E-state index is 0.179. The Balaban J connectivity index is 1.16. The molecule has 10 rings (SSSR count). The maximum atomic E-state index is 6.60. The molecule has 246 valence electrons. The molecule has 0 radical (unpaired) electrons. The third-order valence-corrected chi connectivity index (χ3v) is 11.4. The molecule has 0 bridgehead atoms. The van der Waals surface area contributed by atoms with Crippen LogP contribution in [-0.4, -0.2) is 0 Å². The molecule has 2 aliphatic heterocycles. The van der Waals surface area contributed by atoms with Gasteiger partial charge in [0.05, 0.1) is 28.4 Å². The Labute approximate surface area is 299 Å². The van der Waals surface area contributed by atoms with E-state index in [9.17, 15) is 0 Å². The molecule has 2 aliphatic rings. The first-order chi connectivity index (χ1) is 24.8. The number of anilines is 6. The van der Waals surface area contributed by atoms with Crippen LogP contribution in [0.3, 0.4) is 0 Å². The van der Waals surface area contributed by atoms with Crippen LogP contribution < -0.4 is 9.80 Å². The molecule has 0 spiro atoms. The number of hydrogen-bond donors (Lipinski definition) is 0. The average molecular weight is 659 g/mol. The van der Waals surface area contributed by atoms with Gasteiger partial charge in [-0.2, -0.15) is 0 Å². The summed E-state index contributed by atoms with van der Waals surface area (Å²) in [5, 5.41) is 2.27. The standard InChI is InChI=1S/C48H38N2O/c1-47(2)36-19-9-11-21-40(36)49(33-15-6-5-7-16-33)42-27-25-31(29-38(42)47)32-26-28-43-39(30-32)48(3,4)37-20-10-12-22-41(37)50(43)44-23-14-18-35-34-17-8-13-24-45(34)51-46(35)44/h5-30H,1-4H3. The molecule has 0 fully saturated rings. The minimum atomic E-state index is -0.225. The summed E-state index contributed by atoms with van der Waals surface area (Å²) in [6.07, 6.45) is 0. The van der Waals surface area contributed by atoms with Gasteiger partial charge in [-0.3, -0.25) is 0 Å². The molecule has 0 atom stereocenters. The molecular weight excluding hydrogens is 621 g/mol. The lowest BCUT2D eigenvalue weighted by Crippen LogP contribution is -2.31. The summed E-state index contributed by atoms with van der Waals surface area (Å²) in [5.41, 5.74) is 16.1. The van der Waals surface area contributed by atoms with Crippen molar-refractivity contribution in [1.29, 1.82) is 0 Å². The number of benzene rings is 7. The van der Waals surface area contributed by atoms with Gasteiger partial charge in [0, 0.05) is 27.3 Å². The Hall–Kier alpha value is -6.06. The summed E-state index contributed by atoms with van der Waals surface area (Å²) >= 11 is 0. The fourth-order valence-electron chi connectivity index (χ4n) is 8.79. The lowest BCUT2D eigenvalue weighted by Gasteiger charge is -2.43. The highest BCUT2D eigenvalue weighted by atomic mass is 16.3. The van der Waals surface area contributed by atoms with Crippen molar-refractivity contribution in [2.24, 2.45) is 0 Å². The zero-order chi connectivity index (χ0) is 34.5. The van der Waals surface area contributed by atoms with Gasteiger partial charge in [0.25, 0.3) is 0 Å². The van der Waals surface area contributed by atoms with E-state index in [1.807, 2.05) is 6.07 Å². The Morgan fingerprint density at radius 3 is 1.55 bits per heavy atom. The summed E-state index contributed by atoms with van der Waals surface area (Å²) in [5.74, 6) is 0. The van der Waals surface area contributed by atoms with Crippen LogP contribution >= 0.6 is 0 Å². The van der Waals surface area contributed by atoms with Gasteiger partial charge < -0.3 is 14.2 Å². The van der Waals surface area contributed by atoms with Gasteiger partial charge in [0.2, 0.25) is 0 Å². The van der Waals surface area contributed by atoms with Gasteiger partial charge in [0.15, 0.2) is 5.58 Å². The van der Waals surface area contributed by atoms with Crippen LogP contribution in [0.1, 0.15) is 49.9 Å². The van der Waals surface area contributed by atoms with Crippen LogP contribution in [0, 0.1) is 0 Å². The van der Waals surface area contributed by atoms with Crippen LogP contribution in [-0.2, 0) is 10.8 Å². The number of fused-ring (bicyclic) bond motifs is 7. The molecular formula is C48H38N2O. The van der Waals surface area contributed by atoms with E-state index in [1.54, 1.807) is 0 Å². The second-order valence-corrected chi connectivity index (χ2v) is 15.0. The molecule has 51 heavy (non-hydrogen) atoms. The second kappa shape index (κ2) is 10.7. The fraction of sp³-hybridized carbons (Fsp3) is 0.125. The van der Waals surface area contributed by atoms with Gasteiger partial charge in [-0.25, -0.2) is 0 Å². The molecule has 3 heterocycles. The van der Waals surface area contributed by atoms with E-state index in [-0.39, 0.29) is 10.8 Å². The first-order valence-corrected chi connectivity index (χ1v) is 17.9. The Morgan fingerprint density at radius 1 is 0.392 bits per heavy atom. The molecule has 7 aromatic carbocycles. The van der Waals surface area contributed by atoms with Crippen molar-refractivity contribution >= 4 is 56.1 Å². The van der Waals surface area contributed by atoms with Gasteiger partial charge in [-0.05, 0) is 94.0 Å². The predicted molar refractivity (Wildman–Crippen MR) is 213 cm³/mol. The summed E-state index contributed by atoms with van der Waals surface area (Å²) in [4.78, 5) is 4.83. The molecule has 0 aliphatic carbocycles. The van der Waals surface area contributed by atoms with Crippen molar-refractivity contribution in [2.45, 2.75) is 38.5 Å². The van der Waals surface area contributed by atoms with E-state index in [2.05, 4.69) is 189 Å². The number of furan rings is 1. The SMILES string of the molecule is CC1(C)c2ccccc2N(c2ccccc2)c2ccc(-c3ccc4c(c3)C(C)(C)c3ccccc3N4c3cccc4c3oc3ccccc34)cc21. The molecule has 0 unspecified atom stereocenters. The maximum Gasteiger partial charge on any atom is 0.159 e. The van der Waals surface area contributed by atoms with Gasteiger partial charge in [-0.1, -0.05) is 125 Å². The lowest BCUT2D eigenvalue weighted by atomic mass is 9.71. The van der Waals surface area contributed by atoms with Crippen LogP contribution in [0.5, 0.6) is 0 Å². The Morgan fingerprint density at radius 2 is 0.882 bits per heavy atom. The first-order valence-electron chi connectivity index (χ1n) is 17.9. The molecule has 0 N–H and O–H groups in total. The largest absolute Gasteiger partial charge is 0.454 e. The van der Waals surface area contributed by atoms with Gasteiger partial charge in [-0.15, -0.1) is 0 Å². The maximum absolute atomic E-state index is 6.60. The minimum Gasteiger partial charge on any atom is -0.454 e. The number of hydrogen-bond acceptors (Lipinski definition) is 3. The summed E-state index contributed by atoms with van der Waals surface area (Å²) in [7, 11) is 0. The highest BCUT2D eigenvalue weighted by molar-refractivity contribution is 6.10. The normalized spacial score (nSPS) is 15.3. The van der Waals surface area contributed by atoms with Crippen LogP contribution in [0.15, 0.2) is 162 Å². The number of rotatable bonds is 3. The summed E-state index contributed by atoms with van der Waals surface area (Å²) in [6.45, 7) is 9.44. The smallest absolute Gasteiger partial charge is 0.159 e. The van der Waals surface area contributed by atoms with E-state index in [1.165, 1.54) is 61.8 Å². The Bertz CT molecular complexity index is 2660. The molecule has 3 heteroatoms. The summed E-state index contributed by atoms with van der Waals surface area (Å²) in [6, 6.07) is 57.4. The van der Waals surface area contributed by atoms with Crippen LogP contribution in [0.25, 0.3) is 33.1 Å². The van der Waals surface area contributed by atoms with Crippen molar-refractivity contribution in [3.05, 3.63) is 180 Å². The zero-order valence-corrected chi connectivity index (χ0v) is 29.3. The number of nitrogens with zero attached hydrogens (tertiary/aromatic N) is 2. The summed E-state index contributed by atoms with van der Waals surface area (Å²) < 4.78 is 6.60. The monoisotopic (exact) mass is 658 g/mol.